The van der Waals surface area contributed by atoms with E-state index in [9.17, 15) is 10.2 Å². The number of halogens is 1. The molecular formula is C8H13IN4O3. The summed E-state index contributed by atoms with van der Waals surface area (Å²) in [6.07, 6.45) is -3.28. The highest BCUT2D eigenvalue weighted by atomic mass is 127. The SMILES string of the molecule is C[C@@H]1O[C@@H](n2nc(I)c(N)c2N)[C@H](O)[C@@H]1O. The zero-order chi connectivity index (χ0) is 12.0. The molecule has 0 amide bonds. The van der Waals surface area contributed by atoms with E-state index in [1.807, 2.05) is 22.6 Å². The third-order valence-electron chi connectivity index (χ3n) is 2.66. The Bertz CT molecular complexity index is 410. The lowest BCUT2D eigenvalue weighted by molar-refractivity contribution is -0.0383. The van der Waals surface area contributed by atoms with Gasteiger partial charge in [0.2, 0.25) is 0 Å². The van der Waals surface area contributed by atoms with Gasteiger partial charge in [0.25, 0.3) is 0 Å². The highest BCUT2D eigenvalue weighted by molar-refractivity contribution is 14.1. The summed E-state index contributed by atoms with van der Waals surface area (Å²) in [5.74, 6) is 0.231. The fraction of sp³-hybridized carbons (Fsp3) is 0.625. The summed E-state index contributed by atoms with van der Waals surface area (Å²) >= 11 is 1.94. The molecule has 0 unspecified atom stereocenters. The molecule has 2 rings (SSSR count). The first kappa shape index (κ1) is 11.9. The normalized spacial score (nSPS) is 34.5. The minimum absolute atomic E-state index is 0.231. The molecule has 0 saturated carbocycles. The average molecular weight is 340 g/mol. The van der Waals surface area contributed by atoms with Crippen LogP contribution in [0, 0.1) is 3.70 Å². The molecule has 1 aliphatic rings. The van der Waals surface area contributed by atoms with Gasteiger partial charge in [-0.05, 0) is 29.5 Å². The molecule has 1 fully saturated rings. The van der Waals surface area contributed by atoms with Crippen LogP contribution in [-0.4, -0.2) is 38.3 Å². The van der Waals surface area contributed by atoms with E-state index >= 15 is 0 Å². The van der Waals surface area contributed by atoms with Gasteiger partial charge in [-0.3, -0.25) is 0 Å². The summed E-state index contributed by atoms with van der Waals surface area (Å²) in [7, 11) is 0. The fourth-order valence-electron chi connectivity index (χ4n) is 1.65. The second kappa shape index (κ2) is 4.02. The Balaban J connectivity index is 2.35. The van der Waals surface area contributed by atoms with Gasteiger partial charge in [-0.1, -0.05) is 0 Å². The average Bonchev–Trinajstić information content (AvgIpc) is 2.64. The van der Waals surface area contributed by atoms with E-state index in [1.165, 1.54) is 4.68 Å². The van der Waals surface area contributed by atoms with Crippen LogP contribution in [0.5, 0.6) is 0 Å². The standard InChI is InChI=1S/C8H13IN4O3/c1-2-4(14)5(15)8(16-2)13-7(11)3(10)6(9)12-13/h2,4-5,8,14-15H,10-11H2,1H3/t2-,4+,5+,8+/m0/s1. The smallest absolute Gasteiger partial charge is 0.181 e. The van der Waals surface area contributed by atoms with Crippen molar-refractivity contribution in [3.05, 3.63) is 3.70 Å². The second-order valence-corrected chi connectivity index (χ2v) is 4.77. The van der Waals surface area contributed by atoms with E-state index in [0.29, 0.717) is 9.39 Å². The number of aromatic nitrogens is 2. The molecule has 0 bridgehead atoms. The summed E-state index contributed by atoms with van der Waals surface area (Å²) in [6, 6.07) is 0. The monoisotopic (exact) mass is 340 g/mol. The third-order valence-corrected chi connectivity index (χ3v) is 3.46. The van der Waals surface area contributed by atoms with Crippen molar-refractivity contribution in [2.24, 2.45) is 0 Å². The summed E-state index contributed by atoms with van der Waals surface area (Å²) in [4.78, 5) is 0. The number of rotatable bonds is 1. The van der Waals surface area contributed by atoms with Crippen molar-refractivity contribution < 1.29 is 14.9 Å². The van der Waals surface area contributed by atoms with Crippen LogP contribution < -0.4 is 11.5 Å². The molecule has 6 N–H and O–H groups in total. The quantitative estimate of drug-likeness (QED) is 0.502. The van der Waals surface area contributed by atoms with Crippen molar-refractivity contribution in [3.63, 3.8) is 0 Å². The van der Waals surface area contributed by atoms with Crippen molar-refractivity contribution >= 4 is 34.1 Å². The zero-order valence-electron chi connectivity index (χ0n) is 8.54. The topological polar surface area (TPSA) is 120 Å². The maximum atomic E-state index is 9.77. The highest BCUT2D eigenvalue weighted by Crippen LogP contribution is 2.33. The minimum Gasteiger partial charge on any atom is -0.394 e. The highest BCUT2D eigenvalue weighted by Gasteiger charge is 2.42. The molecule has 0 aliphatic carbocycles. The van der Waals surface area contributed by atoms with Gasteiger partial charge in [-0.2, -0.15) is 5.10 Å². The molecule has 90 valence electrons. The van der Waals surface area contributed by atoms with E-state index < -0.39 is 24.5 Å². The van der Waals surface area contributed by atoms with Gasteiger partial charge in [0.15, 0.2) is 6.23 Å². The largest absolute Gasteiger partial charge is 0.394 e. The van der Waals surface area contributed by atoms with Crippen LogP contribution >= 0.6 is 22.6 Å². The molecule has 1 aromatic rings. The molecule has 2 heterocycles. The summed E-state index contributed by atoms with van der Waals surface area (Å²) < 4.78 is 7.22. The number of nitrogens with zero attached hydrogens (tertiary/aromatic N) is 2. The third kappa shape index (κ3) is 1.65. The van der Waals surface area contributed by atoms with Gasteiger partial charge < -0.3 is 26.4 Å². The summed E-state index contributed by atoms with van der Waals surface area (Å²) in [6.45, 7) is 1.67. The van der Waals surface area contributed by atoms with Crippen LogP contribution in [-0.2, 0) is 4.74 Å². The van der Waals surface area contributed by atoms with Gasteiger partial charge in [-0.25, -0.2) is 4.68 Å². The van der Waals surface area contributed by atoms with Crippen LogP contribution in [0.1, 0.15) is 13.2 Å². The second-order valence-electron chi connectivity index (χ2n) is 3.75. The number of hydrogen-bond acceptors (Lipinski definition) is 6. The molecule has 1 aromatic heterocycles. The van der Waals surface area contributed by atoms with E-state index in [-0.39, 0.29) is 5.82 Å². The Morgan fingerprint density at radius 1 is 1.38 bits per heavy atom. The van der Waals surface area contributed by atoms with Crippen molar-refractivity contribution in [1.82, 2.24) is 9.78 Å². The molecule has 8 heteroatoms. The number of nitrogens with two attached hydrogens (primary N) is 2. The van der Waals surface area contributed by atoms with Gasteiger partial charge in [-0.15, -0.1) is 0 Å². The number of nitrogen functional groups attached to an aromatic ring is 2. The van der Waals surface area contributed by atoms with Crippen LogP contribution in [0.2, 0.25) is 0 Å². The number of aliphatic hydroxyl groups is 2. The number of ether oxygens (including phenoxy) is 1. The zero-order valence-corrected chi connectivity index (χ0v) is 10.7. The molecule has 16 heavy (non-hydrogen) atoms. The lowest BCUT2D eigenvalue weighted by Crippen LogP contribution is -2.31. The molecular weight excluding hydrogens is 327 g/mol. The molecule has 4 atom stereocenters. The van der Waals surface area contributed by atoms with E-state index in [2.05, 4.69) is 5.10 Å². The molecule has 7 nitrogen and oxygen atoms in total. The van der Waals surface area contributed by atoms with Crippen LogP contribution in [0.4, 0.5) is 11.5 Å². The predicted molar refractivity (Wildman–Crippen MR) is 65.4 cm³/mol. The fourth-order valence-corrected chi connectivity index (χ4v) is 2.16. The first-order valence-corrected chi connectivity index (χ1v) is 5.82. The Labute approximate surface area is 106 Å². The Morgan fingerprint density at radius 2 is 2.00 bits per heavy atom. The summed E-state index contributed by atoms with van der Waals surface area (Å²) in [5.41, 5.74) is 11.8. The first-order valence-electron chi connectivity index (χ1n) is 4.74. The molecule has 1 aliphatic heterocycles. The van der Waals surface area contributed by atoms with Crippen molar-refractivity contribution in [1.29, 1.82) is 0 Å². The van der Waals surface area contributed by atoms with E-state index in [4.69, 9.17) is 16.2 Å². The van der Waals surface area contributed by atoms with Crippen LogP contribution in [0.25, 0.3) is 0 Å². The number of anilines is 2. The lowest BCUT2D eigenvalue weighted by Gasteiger charge is -2.16. The maximum absolute atomic E-state index is 9.77. The van der Waals surface area contributed by atoms with Crippen LogP contribution in [0.15, 0.2) is 0 Å². The van der Waals surface area contributed by atoms with E-state index in [0.717, 1.165) is 0 Å². The number of hydrogen-bond donors (Lipinski definition) is 4. The maximum Gasteiger partial charge on any atom is 0.181 e. The van der Waals surface area contributed by atoms with Gasteiger partial charge in [0, 0.05) is 0 Å². The van der Waals surface area contributed by atoms with E-state index in [1.54, 1.807) is 6.92 Å². The molecule has 0 spiro atoms. The Morgan fingerprint density at radius 3 is 2.38 bits per heavy atom. The Kier molecular flexibility index (Phi) is 2.99. The summed E-state index contributed by atoms with van der Waals surface area (Å²) in [5, 5.41) is 23.4. The minimum atomic E-state index is -1.06. The van der Waals surface area contributed by atoms with Crippen molar-refractivity contribution in [2.75, 3.05) is 11.5 Å². The molecule has 0 aromatic carbocycles. The lowest BCUT2D eigenvalue weighted by atomic mass is 10.1. The predicted octanol–water partition coefficient (Wildman–Crippen LogP) is -0.709. The molecule has 0 radical (unpaired) electrons. The van der Waals surface area contributed by atoms with Crippen molar-refractivity contribution in [3.8, 4) is 0 Å². The van der Waals surface area contributed by atoms with Gasteiger partial charge in [0.1, 0.15) is 27.4 Å². The van der Waals surface area contributed by atoms with Gasteiger partial charge >= 0.3 is 0 Å². The molecule has 1 saturated heterocycles. The van der Waals surface area contributed by atoms with Gasteiger partial charge in [0.05, 0.1) is 6.10 Å². The Hall–Kier alpha value is -0.580. The van der Waals surface area contributed by atoms with Crippen molar-refractivity contribution in [2.45, 2.75) is 31.5 Å². The first-order chi connectivity index (χ1) is 7.43. The van der Waals surface area contributed by atoms with Crippen LogP contribution in [0.3, 0.4) is 0 Å². The number of aliphatic hydroxyl groups excluding tert-OH is 2.